The molecule has 0 aromatic heterocycles. The summed E-state index contributed by atoms with van der Waals surface area (Å²) in [7, 11) is 0. The number of hydrogen-bond donors (Lipinski definition) is 1. The Morgan fingerprint density at radius 1 is 1.35 bits per heavy atom. The first kappa shape index (κ1) is 13.9. The zero-order valence-corrected chi connectivity index (χ0v) is 10.3. The van der Waals surface area contributed by atoms with E-state index in [9.17, 15) is 23.2 Å². The zero-order chi connectivity index (χ0) is 15.0. The van der Waals surface area contributed by atoms with E-state index in [2.05, 4.69) is 0 Å². The van der Waals surface area contributed by atoms with Gasteiger partial charge in [0, 0.05) is 18.2 Å². The quantitative estimate of drug-likeness (QED) is 0.673. The molecule has 1 aliphatic rings. The Labute approximate surface area is 112 Å². The van der Waals surface area contributed by atoms with Crippen molar-refractivity contribution in [1.82, 2.24) is 0 Å². The smallest absolute Gasteiger partial charge is 0.331 e. The van der Waals surface area contributed by atoms with E-state index in [1.165, 1.54) is 13.0 Å². The number of fused-ring (bicyclic) bond motifs is 1. The lowest BCUT2D eigenvalue weighted by molar-refractivity contribution is -0.132. The molecule has 1 heterocycles. The summed E-state index contributed by atoms with van der Waals surface area (Å²) >= 11 is 0. The molecule has 0 fully saturated rings. The number of hydrogen-bond acceptors (Lipinski definition) is 3. The maximum absolute atomic E-state index is 13.5. The second kappa shape index (κ2) is 4.84. The third kappa shape index (κ3) is 2.18. The first-order valence-corrected chi connectivity index (χ1v) is 5.58. The van der Waals surface area contributed by atoms with Gasteiger partial charge in [-0.25, -0.2) is 13.6 Å². The van der Waals surface area contributed by atoms with Gasteiger partial charge >= 0.3 is 5.97 Å². The summed E-state index contributed by atoms with van der Waals surface area (Å²) in [6.07, 6.45) is 1.19. The lowest BCUT2D eigenvalue weighted by Gasteiger charge is -2.14. The molecule has 7 heteroatoms. The van der Waals surface area contributed by atoms with Crippen LogP contribution < -0.4 is 4.90 Å². The monoisotopic (exact) mass is 281 g/mol. The number of halogens is 2. The molecule has 0 saturated heterocycles. The number of rotatable bonds is 3. The highest BCUT2D eigenvalue weighted by molar-refractivity contribution is 6.52. The molecule has 1 amide bonds. The van der Waals surface area contributed by atoms with Gasteiger partial charge in [-0.05, 0) is 13.0 Å². The first-order valence-electron chi connectivity index (χ1n) is 5.58. The standard InChI is InChI=1S/C13H9F2NO4/c1-6(13(19)20)2-3-16-9-5-7(14)4-8(15)10(9)11(17)12(16)18/h2,4-5H,3H2,1H3,(H,19,20). The van der Waals surface area contributed by atoms with Crippen LogP contribution >= 0.6 is 0 Å². The van der Waals surface area contributed by atoms with Crippen molar-refractivity contribution in [2.75, 3.05) is 11.4 Å². The predicted octanol–water partition coefficient (Wildman–Crippen LogP) is 1.53. The van der Waals surface area contributed by atoms with Crippen molar-refractivity contribution in [3.05, 3.63) is 41.0 Å². The molecule has 0 spiro atoms. The number of benzene rings is 1. The number of carboxylic acid groups (broad SMARTS) is 1. The normalized spacial score (nSPS) is 14.8. The van der Waals surface area contributed by atoms with Gasteiger partial charge in [-0.15, -0.1) is 0 Å². The highest BCUT2D eigenvalue weighted by atomic mass is 19.1. The lowest BCUT2D eigenvalue weighted by atomic mass is 10.1. The molecular weight excluding hydrogens is 272 g/mol. The molecule has 1 N–H and O–H groups in total. The van der Waals surface area contributed by atoms with E-state index in [-0.39, 0.29) is 17.8 Å². The van der Waals surface area contributed by atoms with Crippen LogP contribution in [0.25, 0.3) is 0 Å². The van der Waals surface area contributed by atoms with Crippen molar-refractivity contribution >= 4 is 23.3 Å². The van der Waals surface area contributed by atoms with Gasteiger partial charge in [0.25, 0.3) is 11.7 Å². The van der Waals surface area contributed by atoms with Crippen LogP contribution in [0.4, 0.5) is 14.5 Å². The van der Waals surface area contributed by atoms with Gasteiger partial charge in [-0.1, -0.05) is 6.08 Å². The van der Waals surface area contributed by atoms with Gasteiger partial charge in [0.05, 0.1) is 11.3 Å². The van der Waals surface area contributed by atoms with Crippen LogP contribution in [0.2, 0.25) is 0 Å². The van der Waals surface area contributed by atoms with Crippen LogP contribution in [0.1, 0.15) is 17.3 Å². The molecule has 0 aliphatic carbocycles. The second-order valence-corrected chi connectivity index (χ2v) is 4.22. The van der Waals surface area contributed by atoms with Gasteiger partial charge in [0.2, 0.25) is 0 Å². The molecule has 0 atom stereocenters. The Bertz CT molecular complexity index is 667. The number of carboxylic acids is 1. The number of nitrogens with zero attached hydrogens (tertiary/aromatic N) is 1. The van der Waals surface area contributed by atoms with Crippen LogP contribution in [0.15, 0.2) is 23.8 Å². The van der Waals surface area contributed by atoms with Gasteiger partial charge in [0.1, 0.15) is 11.6 Å². The minimum absolute atomic E-state index is 0.0458. The fourth-order valence-electron chi connectivity index (χ4n) is 1.83. The van der Waals surface area contributed by atoms with Gasteiger partial charge in [-0.3, -0.25) is 9.59 Å². The van der Waals surface area contributed by atoms with Crippen molar-refractivity contribution in [1.29, 1.82) is 0 Å². The second-order valence-electron chi connectivity index (χ2n) is 4.22. The highest BCUT2D eigenvalue weighted by Crippen LogP contribution is 2.31. The van der Waals surface area contributed by atoms with Gasteiger partial charge in [0.15, 0.2) is 0 Å². The van der Waals surface area contributed by atoms with Crippen LogP contribution in [0.3, 0.4) is 0 Å². The summed E-state index contributed by atoms with van der Waals surface area (Å²) in [5, 5.41) is 8.70. The molecule has 1 aromatic carbocycles. The predicted molar refractivity (Wildman–Crippen MR) is 64.4 cm³/mol. The molecule has 0 radical (unpaired) electrons. The maximum Gasteiger partial charge on any atom is 0.331 e. The van der Waals surface area contributed by atoms with E-state index >= 15 is 0 Å². The van der Waals surface area contributed by atoms with Crippen molar-refractivity contribution in [3.63, 3.8) is 0 Å². The molecular formula is C13H9F2NO4. The molecule has 2 rings (SSSR count). The van der Waals surface area contributed by atoms with E-state index in [1.807, 2.05) is 0 Å². The first-order chi connectivity index (χ1) is 9.32. The summed E-state index contributed by atoms with van der Waals surface area (Å²) in [5.41, 5.74) is -0.722. The average Bonchev–Trinajstić information content (AvgIpc) is 2.59. The summed E-state index contributed by atoms with van der Waals surface area (Å²) in [5.74, 6) is -5.31. The number of carbonyl (C=O) groups excluding carboxylic acids is 2. The fraction of sp³-hybridized carbons (Fsp3) is 0.154. The molecule has 20 heavy (non-hydrogen) atoms. The van der Waals surface area contributed by atoms with E-state index in [0.29, 0.717) is 6.07 Å². The van der Waals surface area contributed by atoms with Crippen LogP contribution in [-0.2, 0) is 9.59 Å². The summed E-state index contributed by atoms with van der Waals surface area (Å²) < 4.78 is 26.7. The van der Waals surface area contributed by atoms with Crippen LogP contribution in [0, 0.1) is 11.6 Å². The molecule has 1 aromatic rings. The summed E-state index contributed by atoms with van der Waals surface area (Å²) in [6, 6.07) is 1.39. The molecule has 104 valence electrons. The van der Waals surface area contributed by atoms with Gasteiger partial charge < -0.3 is 10.0 Å². The minimum Gasteiger partial charge on any atom is -0.478 e. The Kier molecular flexibility index (Phi) is 3.35. The fourth-order valence-corrected chi connectivity index (χ4v) is 1.83. The minimum atomic E-state index is -1.19. The third-order valence-corrected chi connectivity index (χ3v) is 2.91. The van der Waals surface area contributed by atoms with Crippen molar-refractivity contribution in [2.24, 2.45) is 0 Å². The average molecular weight is 281 g/mol. The van der Waals surface area contributed by atoms with E-state index in [1.54, 1.807) is 0 Å². The van der Waals surface area contributed by atoms with Crippen LogP contribution in [0.5, 0.6) is 0 Å². The largest absolute Gasteiger partial charge is 0.478 e. The van der Waals surface area contributed by atoms with Crippen molar-refractivity contribution in [2.45, 2.75) is 6.92 Å². The Morgan fingerprint density at radius 3 is 2.60 bits per heavy atom. The zero-order valence-electron chi connectivity index (χ0n) is 10.3. The number of Topliss-reactive ketones (excluding diaryl/α,β-unsaturated/α-hetero) is 1. The SMILES string of the molecule is CC(=CCN1C(=O)C(=O)c2c(F)cc(F)cc21)C(=O)O. The van der Waals surface area contributed by atoms with Crippen LogP contribution in [-0.4, -0.2) is 29.3 Å². The Morgan fingerprint density at radius 2 is 2.00 bits per heavy atom. The number of aliphatic carboxylic acids is 1. The molecule has 5 nitrogen and oxygen atoms in total. The van der Waals surface area contributed by atoms with E-state index < -0.39 is 34.9 Å². The van der Waals surface area contributed by atoms with Gasteiger partial charge in [-0.2, -0.15) is 0 Å². The third-order valence-electron chi connectivity index (χ3n) is 2.91. The van der Waals surface area contributed by atoms with Crippen molar-refractivity contribution in [3.8, 4) is 0 Å². The Hall–Kier alpha value is -2.57. The summed E-state index contributed by atoms with van der Waals surface area (Å²) in [6.45, 7) is 1.05. The topological polar surface area (TPSA) is 74.7 Å². The highest BCUT2D eigenvalue weighted by Gasteiger charge is 2.38. The number of carbonyl (C=O) groups is 3. The molecule has 0 bridgehead atoms. The molecule has 1 aliphatic heterocycles. The van der Waals surface area contributed by atoms with E-state index in [4.69, 9.17) is 5.11 Å². The maximum atomic E-state index is 13.5. The van der Waals surface area contributed by atoms with E-state index in [0.717, 1.165) is 11.0 Å². The molecule has 0 unspecified atom stereocenters. The van der Waals surface area contributed by atoms with Crippen molar-refractivity contribution < 1.29 is 28.3 Å². The number of ketones is 1. The Balaban J connectivity index is 2.43. The molecule has 0 saturated carbocycles. The number of amides is 1. The number of anilines is 1. The summed E-state index contributed by atoms with van der Waals surface area (Å²) in [4.78, 5) is 34.8. The lowest BCUT2D eigenvalue weighted by Crippen LogP contribution is -2.30.